The summed E-state index contributed by atoms with van der Waals surface area (Å²) in [5.41, 5.74) is 2.37. The fraction of sp³-hybridized carbons (Fsp3) is 0.0417. The summed E-state index contributed by atoms with van der Waals surface area (Å²) in [7, 11) is 0. The molecule has 0 unspecified atom stereocenters. The first-order valence-electron chi connectivity index (χ1n) is 10.5. The summed E-state index contributed by atoms with van der Waals surface area (Å²) in [6.07, 6.45) is 2.88. The number of hydrogen-bond donors (Lipinski definition) is 2. The number of benzene rings is 2. The Morgan fingerprint density at radius 2 is 1.92 bits per heavy atom. The Morgan fingerprint density at radius 1 is 1.11 bits per heavy atom. The fourth-order valence-corrected chi connectivity index (χ4v) is 4.89. The maximum atomic E-state index is 12.3. The number of nitrogens with zero attached hydrogens (tertiary/aromatic N) is 4. The highest BCUT2D eigenvalue weighted by atomic mass is 35.5. The van der Waals surface area contributed by atoms with Crippen LogP contribution in [0.1, 0.15) is 11.6 Å². The average molecular weight is 555 g/mol. The van der Waals surface area contributed by atoms with Gasteiger partial charge in [0.15, 0.2) is 10.9 Å². The molecule has 0 aliphatic carbocycles. The van der Waals surface area contributed by atoms with Crippen molar-refractivity contribution in [2.45, 2.75) is 6.92 Å². The number of aryl methyl sites for hydroxylation is 1. The Kier molecular flexibility index (Phi) is 6.84. The fourth-order valence-electron chi connectivity index (χ4n) is 3.28. The molecule has 36 heavy (non-hydrogen) atoms. The third-order valence-electron chi connectivity index (χ3n) is 5.00. The van der Waals surface area contributed by atoms with Crippen LogP contribution in [0.5, 0.6) is 0 Å². The van der Waals surface area contributed by atoms with E-state index in [1.54, 1.807) is 40.9 Å². The van der Waals surface area contributed by atoms with Crippen LogP contribution >= 0.6 is 46.8 Å². The van der Waals surface area contributed by atoms with Crippen LogP contribution in [0.3, 0.4) is 0 Å². The molecule has 5 rings (SSSR count). The second-order valence-corrected chi connectivity index (χ2v) is 9.74. The molecule has 5 aromatic rings. The summed E-state index contributed by atoms with van der Waals surface area (Å²) in [4.78, 5) is 13.0. The zero-order valence-corrected chi connectivity index (χ0v) is 21.7. The predicted octanol–water partition coefficient (Wildman–Crippen LogP) is 6.25. The van der Waals surface area contributed by atoms with Crippen molar-refractivity contribution in [3.05, 3.63) is 82.3 Å². The van der Waals surface area contributed by atoms with Crippen LogP contribution in [0.25, 0.3) is 32.9 Å². The average Bonchev–Trinajstić information content (AvgIpc) is 3.56. The second kappa shape index (κ2) is 10.2. The van der Waals surface area contributed by atoms with Gasteiger partial charge >= 0.3 is 0 Å². The molecule has 2 aromatic carbocycles. The molecule has 0 aliphatic rings. The van der Waals surface area contributed by atoms with Gasteiger partial charge in [0, 0.05) is 27.9 Å². The molecule has 8 nitrogen and oxygen atoms in total. The van der Waals surface area contributed by atoms with Crippen LogP contribution in [0.2, 0.25) is 10.0 Å². The minimum Gasteiger partial charge on any atom is -0.457 e. The third kappa shape index (κ3) is 5.31. The molecular weight excluding hydrogens is 539 g/mol. The van der Waals surface area contributed by atoms with Gasteiger partial charge in [0.2, 0.25) is 10.9 Å². The molecule has 0 bridgehead atoms. The molecule has 12 heteroatoms. The van der Waals surface area contributed by atoms with Gasteiger partial charge < -0.3 is 9.73 Å². The minimum absolute atomic E-state index is 0.167. The smallest absolute Gasteiger partial charge is 0.250 e. The van der Waals surface area contributed by atoms with Crippen molar-refractivity contribution in [1.82, 2.24) is 25.1 Å². The first kappa shape index (κ1) is 24.1. The second-order valence-electron chi connectivity index (χ2n) is 7.53. The first-order valence-corrected chi connectivity index (χ1v) is 12.5. The normalized spacial score (nSPS) is 11.3. The number of furan rings is 1. The Balaban J connectivity index is 1.17. The number of aromatic nitrogens is 4. The van der Waals surface area contributed by atoms with Crippen LogP contribution in [-0.4, -0.2) is 30.8 Å². The predicted molar refractivity (Wildman–Crippen MR) is 146 cm³/mol. The molecule has 0 fully saturated rings. The van der Waals surface area contributed by atoms with Gasteiger partial charge in [0.1, 0.15) is 16.5 Å². The molecule has 0 atom stereocenters. The van der Waals surface area contributed by atoms with E-state index < -0.39 is 5.91 Å². The highest BCUT2D eigenvalue weighted by molar-refractivity contribution is 7.80. The summed E-state index contributed by atoms with van der Waals surface area (Å²) in [6.45, 7) is 1.85. The zero-order chi connectivity index (χ0) is 25.2. The number of fused-ring (bicyclic) bond motifs is 1. The maximum absolute atomic E-state index is 12.3. The van der Waals surface area contributed by atoms with Crippen LogP contribution in [0, 0.1) is 6.92 Å². The molecule has 0 aliphatic heterocycles. The first-order chi connectivity index (χ1) is 17.4. The lowest BCUT2D eigenvalue weighted by Crippen LogP contribution is -2.32. The van der Waals surface area contributed by atoms with Crippen molar-refractivity contribution >= 4 is 74.5 Å². The summed E-state index contributed by atoms with van der Waals surface area (Å²) >= 11 is 18.9. The number of nitrogens with one attached hydrogen (secondary N) is 2. The quantitative estimate of drug-likeness (QED) is 0.195. The molecule has 0 spiro atoms. The van der Waals surface area contributed by atoms with Gasteiger partial charge in [-0.3, -0.25) is 10.1 Å². The number of thiocarbonyl (C=S) groups is 1. The van der Waals surface area contributed by atoms with E-state index in [2.05, 4.69) is 25.9 Å². The molecule has 1 amide bonds. The van der Waals surface area contributed by atoms with E-state index in [1.165, 1.54) is 17.4 Å². The van der Waals surface area contributed by atoms with E-state index in [4.69, 9.17) is 39.8 Å². The van der Waals surface area contributed by atoms with Crippen molar-refractivity contribution in [3.8, 4) is 21.9 Å². The lowest BCUT2D eigenvalue weighted by molar-refractivity contribution is -0.115. The maximum Gasteiger partial charge on any atom is 0.250 e. The number of anilines is 1. The van der Waals surface area contributed by atoms with E-state index >= 15 is 0 Å². The Hall–Kier alpha value is -3.57. The summed E-state index contributed by atoms with van der Waals surface area (Å²) in [5.74, 6) is 1.39. The number of amides is 1. The zero-order valence-electron chi connectivity index (χ0n) is 18.5. The molecule has 0 radical (unpaired) electrons. The summed E-state index contributed by atoms with van der Waals surface area (Å²) in [5, 5.41) is 20.2. The van der Waals surface area contributed by atoms with Crippen LogP contribution in [-0.2, 0) is 4.79 Å². The number of hydrogen-bond acceptors (Lipinski definition) is 7. The van der Waals surface area contributed by atoms with E-state index in [0.29, 0.717) is 27.1 Å². The van der Waals surface area contributed by atoms with Gasteiger partial charge in [-0.15, -0.1) is 10.2 Å². The van der Waals surface area contributed by atoms with E-state index in [1.807, 2.05) is 31.2 Å². The van der Waals surface area contributed by atoms with Gasteiger partial charge in [-0.1, -0.05) is 34.5 Å². The Bertz CT molecular complexity index is 1620. The monoisotopic (exact) mass is 554 g/mol. The van der Waals surface area contributed by atoms with E-state index in [0.717, 1.165) is 27.0 Å². The highest BCUT2D eigenvalue weighted by Crippen LogP contribution is 2.32. The van der Waals surface area contributed by atoms with Crippen molar-refractivity contribution in [2.24, 2.45) is 0 Å². The molecule has 2 N–H and O–H groups in total. The van der Waals surface area contributed by atoms with Gasteiger partial charge in [0.25, 0.3) is 0 Å². The molecule has 3 heterocycles. The summed E-state index contributed by atoms with van der Waals surface area (Å²) < 4.78 is 7.46. The van der Waals surface area contributed by atoms with Gasteiger partial charge in [-0.05, 0) is 79.8 Å². The largest absolute Gasteiger partial charge is 0.457 e. The lowest BCUT2D eigenvalue weighted by atomic mass is 10.2. The lowest BCUT2D eigenvalue weighted by Gasteiger charge is -2.08. The molecular formula is C24H16Cl2N6O2S2. The number of carbonyl (C=O) groups excluding carboxylic acids is 1. The standard InChI is InChI=1S/C24H16Cl2N6O2S2/c1-13-29-30-24-32(13)31-22(36-24)14-2-5-16(6-3-14)27-23(35)28-21(33)11-8-17-7-10-20(34-17)18-9-4-15(25)12-19(18)26/h2-12H,1H3,(H2,27,28,33,35)/b11-8+. The molecule has 0 saturated carbocycles. The molecule has 0 saturated heterocycles. The number of halogens is 2. The van der Waals surface area contributed by atoms with Crippen LogP contribution in [0.15, 0.2) is 65.1 Å². The summed E-state index contributed by atoms with van der Waals surface area (Å²) in [6, 6.07) is 16.2. The van der Waals surface area contributed by atoms with E-state index in [9.17, 15) is 4.79 Å². The van der Waals surface area contributed by atoms with Crippen molar-refractivity contribution in [1.29, 1.82) is 0 Å². The van der Waals surface area contributed by atoms with E-state index in [-0.39, 0.29) is 5.11 Å². The third-order valence-corrected chi connectivity index (χ3v) is 6.70. The minimum atomic E-state index is -0.401. The van der Waals surface area contributed by atoms with Crippen molar-refractivity contribution in [3.63, 3.8) is 0 Å². The molecule has 3 aromatic heterocycles. The van der Waals surface area contributed by atoms with Crippen molar-refractivity contribution < 1.29 is 9.21 Å². The van der Waals surface area contributed by atoms with Crippen LogP contribution in [0.4, 0.5) is 5.69 Å². The van der Waals surface area contributed by atoms with Crippen LogP contribution < -0.4 is 10.6 Å². The Morgan fingerprint density at radius 3 is 2.67 bits per heavy atom. The van der Waals surface area contributed by atoms with Gasteiger partial charge in [-0.25, -0.2) is 0 Å². The van der Waals surface area contributed by atoms with Crippen molar-refractivity contribution in [2.75, 3.05) is 5.32 Å². The molecule has 180 valence electrons. The number of carbonyl (C=O) groups is 1. The van der Waals surface area contributed by atoms with Gasteiger partial charge in [-0.2, -0.15) is 9.61 Å². The highest BCUT2D eigenvalue weighted by Gasteiger charge is 2.11. The topological polar surface area (TPSA) is 97.3 Å². The Labute approximate surface area is 224 Å². The van der Waals surface area contributed by atoms with Gasteiger partial charge in [0.05, 0.1) is 5.02 Å². The SMILES string of the molecule is Cc1nnc2sc(-c3ccc(NC(=S)NC(=O)/C=C/c4ccc(-c5ccc(Cl)cc5Cl)o4)cc3)nn12. The number of rotatable bonds is 5.